The number of amidine groups is 1. The van der Waals surface area contributed by atoms with Crippen molar-refractivity contribution in [2.24, 2.45) is 4.99 Å². The molecule has 2 N–H and O–H groups in total. The Morgan fingerprint density at radius 2 is 1.84 bits per heavy atom. The monoisotopic (exact) mass is 439 g/mol. The molecule has 0 radical (unpaired) electrons. The molecule has 3 aromatic rings. The molecule has 2 heterocycles. The van der Waals surface area contributed by atoms with Crippen LogP contribution < -0.4 is 15.7 Å². The predicted molar refractivity (Wildman–Crippen MR) is 118 cm³/mol. The molecule has 9 heteroatoms. The SMILES string of the molecule is O=C(Nc1cccc(S(=O)(=O)NC2=NCCCCC2)c1)c1cc2ccccc2oc1=O. The molecule has 0 fully saturated rings. The highest BCUT2D eigenvalue weighted by atomic mass is 32.2. The summed E-state index contributed by atoms with van der Waals surface area (Å²) in [7, 11) is -3.85. The fraction of sp³-hybridized carbons (Fsp3) is 0.227. The van der Waals surface area contributed by atoms with E-state index in [9.17, 15) is 18.0 Å². The highest BCUT2D eigenvalue weighted by Gasteiger charge is 2.19. The smallest absolute Gasteiger partial charge is 0.349 e. The average Bonchev–Trinajstić information content (AvgIpc) is 3.01. The van der Waals surface area contributed by atoms with E-state index in [2.05, 4.69) is 15.0 Å². The maximum Gasteiger partial charge on any atom is 0.349 e. The lowest BCUT2D eigenvalue weighted by Gasteiger charge is -2.11. The number of anilines is 1. The Kier molecular flexibility index (Phi) is 5.85. The van der Waals surface area contributed by atoms with E-state index >= 15 is 0 Å². The first-order chi connectivity index (χ1) is 14.9. The second kappa shape index (κ2) is 8.73. The lowest BCUT2D eigenvalue weighted by molar-refractivity contribution is 0.102. The minimum atomic E-state index is -3.85. The van der Waals surface area contributed by atoms with Gasteiger partial charge in [-0.2, -0.15) is 0 Å². The summed E-state index contributed by atoms with van der Waals surface area (Å²) in [6, 6.07) is 14.1. The van der Waals surface area contributed by atoms with Crippen molar-refractivity contribution >= 4 is 38.4 Å². The van der Waals surface area contributed by atoms with Crippen molar-refractivity contribution in [3.8, 4) is 0 Å². The van der Waals surface area contributed by atoms with E-state index in [0.717, 1.165) is 19.3 Å². The molecular weight excluding hydrogens is 418 g/mol. The van der Waals surface area contributed by atoms with Gasteiger partial charge in [0.05, 0.1) is 4.90 Å². The average molecular weight is 439 g/mol. The van der Waals surface area contributed by atoms with E-state index in [0.29, 0.717) is 29.8 Å². The molecule has 31 heavy (non-hydrogen) atoms. The van der Waals surface area contributed by atoms with Crippen molar-refractivity contribution in [3.05, 3.63) is 70.6 Å². The van der Waals surface area contributed by atoms with Crippen LogP contribution >= 0.6 is 0 Å². The molecule has 1 aromatic heterocycles. The van der Waals surface area contributed by atoms with Gasteiger partial charge in [-0.15, -0.1) is 0 Å². The van der Waals surface area contributed by atoms with E-state index in [4.69, 9.17) is 4.42 Å². The number of hydrogen-bond acceptors (Lipinski definition) is 6. The van der Waals surface area contributed by atoms with Gasteiger partial charge in [-0.1, -0.05) is 30.7 Å². The first-order valence-electron chi connectivity index (χ1n) is 9.93. The molecule has 0 unspecified atom stereocenters. The van der Waals surface area contributed by atoms with Gasteiger partial charge in [0, 0.05) is 24.0 Å². The molecular formula is C22H21N3O5S. The number of amides is 1. The third kappa shape index (κ3) is 4.83. The van der Waals surface area contributed by atoms with Gasteiger partial charge in [0.2, 0.25) is 0 Å². The second-order valence-electron chi connectivity index (χ2n) is 7.21. The van der Waals surface area contributed by atoms with Gasteiger partial charge >= 0.3 is 5.63 Å². The summed E-state index contributed by atoms with van der Waals surface area (Å²) in [5.74, 6) is -0.240. The number of para-hydroxylation sites is 1. The number of nitrogens with one attached hydrogen (secondary N) is 2. The molecule has 0 bridgehead atoms. The maximum absolute atomic E-state index is 12.8. The number of fused-ring (bicyclic) bond motifs is 1. The number of sulfonamides is 1. The lowest BCUT2D eigenvalue weighted by atomic mass is 10.1. The van der Waals surface area contributed by atoms with Crippen LogP contribution in [0.15, 0.2) is 73.7 Å². The molecule has 1 aliphatic rings. The van der Waals surface area contributed by atoms with Gasteiger partial charge in [0.15, 0.2) is 0 Å². The molecule has 2 aromatic carbocycles. The zero-order valence-electron chi connectivity index (χ0n) is 16.6. The Labute approximate surface area is 179 Å². The summed E-state index contributed by atoms with van der Waals surface area (Å²) in [5, 5.41) is 3.18. The molecule has 0 saturated carbocycles. The Bertz CT molecular complexity index is 1330. The summed E-state index contributed by atoms with van der Waals surface area (Å²) in [6.07, 6.45) is 3.41. The predicted octanol–water partition coefficient (Wildman–Crippen LogP) is 3.30. The number of carbonyl (C=O) groups is 1. The van der Waals surface area contributed by atoms with Gasteiger partial charge in [-0.3, -0.25) is 14.5 Å². The summed E-state index contributed by atoms with van der Waals surface area (Å²) >= 11 is 0. The van der Waals surface area contributed by atoms with E-state index in [1.165, 1.54) is 24.3 Å². The van der Waals surface area contributed by atoms with Crippen LogP contribution in [0.25, 0.3) is 11.0 Å². The van der Waals surface area contributed by atoms with Crippen molar-refractivity contribution < 1.29 is 17.6 Å². The number of benzene rings is 2. The van der Waals surface area contributed by atoms with Crippen molar-refractivity contribution in [1.29, 1.82) is 0 Å². The van der Waals surface area contributed by atoms with Gasteiger partial charge in [0.1, 0.15) is 17.0 Å². The van der Waals surface area contributed by atoms with Gasteiger partial charge in [-0.05, 0) is 43.2 Å². The van der Waals surface area contributed by atoms with Crippen LogP contribution in [0.5, 0.6) is 0 Å². The van der Waals surface area contributed by atoms with E-state index in [-0.39, 0.29) is 16.1 Å². The van der Waals surface area contributed by atoms with Crippen molar-refractivity contribution in [2.45, 2.75) is 30.6 Å². The Hall–Kier alpha value is -3.46. The highest BCUT2D eigenvalue weighted by Crippen LogP contribution is 2.18. The summed E-state index contributed by atoms with van der Waals surface area (Å²) < 4.78 is 33.2. The van der Waals surface area contributed by atoms with E-state index in [1.54, 1.807) is 30.3 Å². The van der Waals surface area contributed by atoms with E-state index in [1.807, 2.05) is 0 Å². The quantitative estimate of drug-likeness (QED) is 0.605. The Balaban J connectivity index is 1.56. The van der Waals surface area contributed by atoms with Gasteiger partial charge in [0.25, 0.3) is 15.9 Å². The number of aliphatic imine (C=N–C) groups is 1. The van der Waals surface area contributed by atoms with Crippen molar-refractivity contribution in [2.75, 3.05) is 11.9 Å². The minimum absolute atomic E-state index is 0.0113. The summed E-state index contributed by atoms with van der Waals surface area (Å²) in [4.78, 5) is 29.1. The van der Waals surface area contributed by atoms with Crippen LogP contribution in [-0.2, 0) is 10.0 Å². The number of rotatable bonds is 4. The number of nitrogens with zero attached hydrogens (tertiary/aromatic N) is 1. The minimum Gasteiger partial charge on any atom is -0.422 e. The zero-order valence-corrected chi connectivity index (χ0v) is 17.4. The largest absolute Gasteiger partial charge is 0.422 e. The van der Waals surface area contributed by atoms with Gasteiger partial charge < -0.3 is 9.73 Å². The molecule has 0 saturated heterocycles. The van der Waals surface area contributed by atoms with Crippen LogP contribution in [0.1, 0.15) is 36.0 Å². The van der Waals surface area contributed by atoms with Crippen molar-refractivity contribution in [3.63, 3.8) is 0 Å². The van der Waals surface area contributed by atoms with Crippen molar-refractivity contribution in [1.82, 2.24) is 4.72 Å². The first-order valence-corrected chi connectivity index (χ1v) is 11.4. The fourth-order valence-corrected chi connectivity index (χ4v) is 4.47. The van der Waals surface area contributed by atoms with Crippen LogP contribution in [0, 0.1) is 0 Å². The van der Waals surface area contributed by atoms with Crippen LogP contribution in [0.4, 0.5) is 5.69 Å². The molecule has 0 atom stereocenters. The molecule has 1 amide bonds. The fourth-order valence-electron chi connectivity index (χ4n) is 3.33. The normalized spacial score (nSPS) is 14.5. The van der Waals surface area contributed by atoms with Crippen LogP contribution in [-0.4, -0.2) is 26.7 Å². The van der Waals surface area contributed by atoms with Crippen LogP contribution in [0.2, 0.25) is 0 Å². The number of carbonyl (C=O) groups excluding carboxylic acids is 1. The van der Waals surface area contributed by atoms with E-state index < -0.39 is 21.6 Å². The van der Waals surface area contributed by atoms with Gasteiger partial charge in [-0.25, -0.2) is 13.2 Å². The Morgan fingerprint density at radius 3 is 2.71 bits per heavy atom. The standard InChI is InChI=1S/C22H21N3O5S/c26-21(18-13-15-7-3-4-10-19(15)30-22(18)27)24-16-8-6-9-17(14-16)31(28,29)25-20-11-2-1-5-12-23-20/h3-4,6-10,13-14H,1-2,5,11-12H2,(H,23,25)(H,24,26). The zero-order chi connectivity index (χ0) is 21.8. The highest BCUT2D eigenvalue weighted by molar-refractivity contribution is 7.90. The summed E-state index contributed by atoms with van der Waals surface area (Å²) in [6.45, 7) is 0.599. The lowest BCUT2D eigenvalue weighted by Crippen LogP contribution is -2.30. The third-order valence-corrected chi connectivity index (χ3v) is 6.29. The first kappa shape index (κ1) is 20.8. The molecule has 1 aliphatic heterocycles. The molecule has 160 valence electrons. The molecule has 8 nitrogen and oxygen atoms in total. The molecule has 0 aliphatic carbocycles. The third-order valence-electron chi connectivity index (χ3n) is 4.91. The molecule has 0 spiro atoms. The Morgan fingerprint density at radius 1 is 1.00 bits per heavy atom. The van der Waals surface area contributed by atoms with Crippen LogP contribution in [0.3, 0.4) is 0 Å². The topological polar surface area (TPSA) is 118 Å². The molecule has 4 rings (SSSR count). The maximum atomic E-state index is 12.8. The second-order valence-corrected chi connectivity index (χ2v) is 8.89. The number of hydrogen-bond donors (Lipinski definition) is 2. The summed E-state index contributed by atoms with van der Waals surface area (Å²) in [5.41, 5.74) is -0.321.